The Kier molecular flexibility index (Phi) is 4.84. The number of halogens is 1. The lowest BCUT2D eigenvalue weighted by Crippen LogP contribution is -2.57. The van der Waals surface area contributed by atoms with Crippen LogP contribution in [0, 0.1) is 0 Å². The standard InChI is InChI=1S/C16H23ClN2O/c1-16(2)12-19(10-9-18(16)3)8-7-15(20)13-5-4-6-14(17)11-13/h4-6,11H,7-10,12H2,1-3H3. The van der Waals surface area contributed by atoms with Gasteiger partial charge in [-0.05, 0) is 33.0 Å². The molecule has 1 aliphatic heterocycles. The lowest BCUT2D eigenvalue weighted by atomic mass is 9.99. The number of rotatable bonds is 4. The average Bonchev–Trinajstić information content (AvgIpc) is 2.39. The quantitative estimate of drug-likeness (QED) is 0.798. The summed E-state index contributed by atoms with van der Waals surface area (Å²) in [4.78, 5) is 16.9. The molecule has 0 aliphatic carbocycles. The Labute approximate surface area is 126 Å². The zero-order chi connectivity index (χ0) is 14.8. The minimum absolute atomic E-state index is 0.171. The largest absolute Gasteiger partial charge is 0.300 e. The fourth-order valence-electron chi connectivity index (χ4n) is 2.60. The molecular weight excluding hydrogens is 272 g/mol. The molecular formula is C16H23ClN2O. The van der Waals surface area contributed by atoms with Crippen LogP contribution in [0.25, 0.3) is 0 Å². The van der Waals surface area contributed by atoms with E-state index in [4.69, 9.17) is 11.6 Å². The van der Waals surface area contributed by atoms with E-state index < -0.39 is 0 Å². The molecule has 0 spiro atoms. The number of piperazine rings is 1. The molecule has 0 atom stereocenters. The van der Waals surface area contributed by atoms with Gasteiger partial charge in [-0.1, -0.05) is 23.7 Å². The first-order chi connectivity index (χ1) is 9.38. The Balaban J connectivity index is 1.88. The van der Waals surface area contributed by atoms with Crippen LogP contribution in [-0.2, 0) is 0 Å². The number of nitrogens with zero attached hydrogens (tertiary/aromatic N) is 2. The van der Waals surface area contributed by atoms with Crippen LogP contribution in [-0.4, -0.2) is 54.3 Å². The Morgan fingerprint density at radius 3 is 2.75 bits per heavy atom. The smallest absolute Gasteiger partial charge is 0.164 e. The molecule has 0 unspecified atom stereocenters. The number of carbonyl (C=O) groups excluding carboxylic acids is 1. The molecule has 1 fully saturated rings. The van der Waals surface area contributed by atoms with Gasteiger partial charge < -0.3 is 0 Å². The monoisotopic (exact) mass is 294 g/mol. The van der Waals surface area contributed by atoms with E-state index in [0.717, 1.165) is 26.2 Å². The van der Waals surface area contributed by atoms with Crippen LogP contribution in [0.3, 0.4) is 0 Å². The second kappa shape index (κ2) is 6.25. The Bertz CT molecular complexity index is 487. The molecule has 3 nitrogen and oxygen atoms in total. The van der Waals surface area contributed by atoms with Crippen molar-refractivity contribution in [1.29, 1.82) is 0 Å². The molecule has 0 bridgehead atoms. The summed E-state index contributed by atoms with van der Waals surface area (Å²) in [5.74, 6) is 0.171. The fourth-order valence-corrected chi connectivity index (χ4v) is 2.79. The summed E-state index contributed by atoms with van der Waals surface area (Å²) in [5, 5.41) is 0.622. The summed E-state index contributed by atoms with van der Waals surface area (Å²) in [6.45, 7) is 8.41. The van der Waals surface area contributed by atoms with E-state index in [1.54, 1.807) is 12.1 Å². The van der Waals surface area contributed by atoms with Gasteiger partial charge in [0.2, 0.25) is 0 Å². The van der Waals surface area contributed by atoms with Crippen molar-refractivity contribution in [2.24, 2.45) is 0 Å². The Morgan fingerprint density at radius 2 is 2.10 bits per heavy atom. The summed E-state index contributed by atoms with van der Waals surface area (Å²) in [5.41, 5.74) is 0.892. The maximum Gasteiger partial charge on any atom is 0.164 e. The third-order valence-corrected chi connectivity index (χ3v) is 4.43. The number of carbonyl (C=O) groups is 1. The third-order valence-electron chi connectivity index (χ3n) is 4.20. The van der Waals surface area contributed by atoms with E-state index in [0.29, 0.717) is 17.0 Å². The van der Waals surface area contributed by atoms with Gasteiger partial charge >= 0.3 is 0 Å². The van der Waals surface area contributed by atoms with E-state index >= 15 is 0 Å². The first-order valence-electron chi connectivity index (χ1n) is 7.11. The lowest BCUT2D eigenvalue weighted by Gasteiger charge is -2.45. The van der Waals surface area contributed by atoms with E-state index in [-0.39, 0.29) is 11.3 Å². The molecule has 110 valence electrons. The Hall–Kier alpha value is -0.900. The van der Waals surface area contributed by atoms with Crippen LogP contribution >= 0.6 is 11.6 Å². The number of hydrogen-bond donors (Lipinski definition) is 0. The summed E-state index contributed by atoms with van der Waals surface area (Å²) in [7, 11) is 2.16. The molecule has 1 aromatic carbocycles. The number of hydrogen-bond acceptors (Lipinski definition) is 3. The molecule has 0 saturated carbocycles. The molecule has 0 amide bonds. The second-order valence-corrected chi connectivity index (χ2v) is 6.63. The van der Waals surface area contributed by atoms with Crippen LogP contribution in [0.4, 0.5) is 0 Å². The van der Waals surface area contributed by atoms with Crippen molar-refractivity contribution in [3.05, 3.63) is 34.9 Å². The highest BCUT2D eigenvalue weighted by atomic mass is 35.5. The predicted molar refractivity (Wildman–Crippen MR) is 83.5 cm³/mol. The number of ketones is 1. The van der Waals surface area contributed by atoms with Crippen LogP contribution in [0.1, 0.15) is 30.6 Å². The zero-order valence-corrected chi connectivity index (χ0v) is 13.3. The van der Waals surface area contributed by atoms with E-state index in [1.165, 1.54) is 0 Å². The molecule has 1 aliphatic rings. The number of likely N-dealkylation sites (N-methyl/N-ethyl adjacent to an activating group) is 1. The van der Waals surface area contributed by atoms with Gasteiger partial charge in [-0.3, -0.25) is 14.6 Å². The van der Waals surface area contributed by atoms with Gasteiger partial charge in [0.1, 0.15) is 0 Å². The number of Topliss-reactive ketones (excluding diaryl/α,β-unsaturated/α-hetero) is 1. The molecule has 2 rings (SSSR count). The van der Waals surface area contributed by atoms with Crippen molar-refractivity contribution in [3.63, 3.8) is 0 Å². The molecule has 0 N–H and O–H groups in total. The summed E-state index contributed by atoms with van der Waals surface area (Å²) < 4.78 is 0. The third kappa shape index (κ3) is 3.81. The van der Waals surface area contributed by atoms with Gasteiger partial charge in [-0.25, -0.2) is 0 Å². The summed E-state index contributed by atoms with van der Waals surface area (Å²) >= 11 is 5.92. The maximum atomic E-state index is 12.2. The first kappa shape index (κ1) is 15.5. The molecule has 0 aromatic heterocycles. The van der Waals surface area contributed by atoms with Gasteiger partial charge in [0, 0.05) is 48.7 Å². The lowest BCUT2D eigenvalue weighted by molar-refractivity contribution is 0.0390. The normalized spacial score (nSPS) is 20.0. The summed E-state index contributed by atoms with van der Waals surface area (Å²) in [6.07, 6.45) is 0.556. The fraction of sp³-hybridized carbons (Fsp3) is 0.562. The summed E-state index contributed by atoms with van der Waals surface area (Å²) in [6, 6.07) is 7.20. The minimum atomic E-state index is 0.171. The van der Waals surface area contributed by atoms with E-state index in [9.17, 15) is 4.79 Å². The zero-order valence-electron chi connectivity index (χ0n) is 12.5. The number of benzene rings is 1. The van der Waals surface area contributed by atoms with Crippen LogP contribution < -0.4 is 0 Å². The van der Waals surface area contributed by atoms with Gasteiger partial charge in [-0.15, -0.1) is 0 Å². The second-order valence-electron chi connectivity index (χ2n) is 6.19. The molecule has 0 radical (unpaired) electrons. The predicted octanol–water partition coefficient (Wildman–Crippen LogP) is 2.94. The Morgan fingerprint density at radius 1 is 1.35 bits per heavy atom. The topological polar surface area (TPSA) is 23.6 Å². The van der Waals surface area contributed by atoms with Crippen LogP contribution in [0.15, 0.2) is 24.3 Å². The first-order valence-corrected chi connectivity index (χ1v) is 7.49. The van der Waals surface area contributed by atoms with Crippen LogP contribution in [0.2, 0.25) is 5.02 Å². The van der Waals surface area contributed by atoms with Gasteiger partial charge in [0.15, 0.2) is 5.78 Å². The average molecular weight is 295 g/mol. The van der Waals surface area contributed by atoms with Crippen LogP contribution in [0.5, 0.6) is 0 Å². The molecule has 1 heterocycles. The molecule has 20 heavy (non-hydrogen) atoms. The molecule has 1 aromatic rings. The van der Waals surface area contributed by atoms with Crippen molar-refractivity contribution in [1.82, 2.24) is 9.80 Å². The van der Waals surface area contributed by atoms with Crippen molar-refractivity contribution in [2.45, 2.75) is 25.8 Å². The van der Waals surface area contributed by atoms with Gasteiger partial charge in [0.05, 0.1) is 0 Å². The highest BCUT2D eigenvalue weighted by Gasteiger charge is 2.30. The van der Waals surface area contributed by atoms with Crippen molar-refractivity contribution >= 4 is 17.4 Å². The van der Waals surface area contributed by atoms with E-state index in [2.05, 4.69) is 30.7 Å². The molecule has 1 saturated heterocycles. The van der Waals surface area contributed by atoms with E-state index in [1.807, 2.05) is 12.1 Å². The minimum Gasteiger partial charge on any atom is -0.300 e. The molecule has 4 heteroatoms. The SMILES string of the molecule is CN1CCN(CCC(=O)c2cccc(Cl)c2)CC1(C)C. The highest BCUT2D eigenvalue weighted by Crippen LogP contribution is 2.19. The van der Waals surface area contributed by atoms with Crippen molar-refractivity contribution < 1.29 is 4.79 Å². The van der Waals surface area contributed by atoms with Crippen molar-refractivity contribution in [2.75, 3.05) is 33.2 Å². The van der Waals surface area contributed by atoms with Gasteiger partial charge in [0.25, 0.3) is 0 Å². The maximum absolute atomic E-state index is 12.2. The van der Waals surface area contributed by atoms with Gasteiger partial charge in [-0.2, -0.15) is 0 Å². The van der Waals surface area contributed by atoms with Crippen molar-refractivity contribution in [3.8, 4) is 0 Å². The highest BCUT2D eigenvalue weighted by molar-refractivity contribution is 6.31.